The van der Waals surface area contributed by atoms with E-state index < -0.39 is 17.4 Å². The molecule has 110 valence electrons. The molecule has 1 aromatic heterocycles. The van der Waals surface area contributed by atoms with E-state index in [1.165, 1.54) is 10.9 Å². The molecule has 0 aliphatic carbocycles. The first-order valence-electron chi connectivity index (χ1n) is 6.31. The minimum Gasteiger partial charge on any atom is -0.480 e. The van der Waals surface area contributed by atoms with Crippen molar-refractivity contribution in [1.82, 2.24) is 20.3 Å². The number of carboxylic acids is 1. The highest BCUT2D eigenvalue weighted by Gasteiger charge is 2.42. The highest BCUT2D eigenvalue weighted by molar-refractivity contribution is 5.96. The van der Waals surface area contributed by atoms with Gasteiger partial charge in [0.25, 0.3) is 5.91 Å². The summed E-state index contributed by atoms with van der Waals surface area (Å²) < 4.78 is 6.57. The molecule has 1 saturated heterocycles. The zero-order valence-corrected chi connectivity index (χ0v) is 10.9. The van der Waals surface area contributed by atoms with E-state index in [4.69, 9.17) is 10.5 Å². The molecule has 1 aliphatic rings. The Morgan fingerprint density at radius 3 is 2.80 bits per heavy atom. The van der Waals surface area contributed by atoms with Crippen LogP contribution >= 0.6 is 0 Å². The number of nitrogens with one attached hydrogen (secondary N) is 1. The van der Waals surface area contributed by atoms with Crippen LogP contribution in [0.4, 0.5) is 0 Å². The van der Waals surface area contributed by atoms with Crippen molar-refractivity contribution in [2.24, 2.45) is 5.73 Å². The Balaban J connectivity index is 2.09. The van der Waals surface area contributed by atoms with Gasteiger partial charge in [0.1, 0.15) is 5.54 Å². The van der Waals surface area contributed by atoms with Gasteiger partial charge in [0, 0.05) is 32.6 Å². The van der Waals surface area contributed by atoms with E-state index in [-0.39, 0.29) is 18.5 Å². The summed E-state index contributed by atoms with van der Waals surface area (Å²) in [5, 5.41) is 19.3. The molecule has 1 aromatic rings. The normalized spacial score (nSPS) is 17.6. The number of aliphatic carboxylic acids is 1. The third-order valence-electron chi connectivity index (χ3n) is 3.24. The van der Waals surface area contributed by atoms with Crippen molar-refractivity contribution in [2.45, 2.75) is 24.9 Å². The topological polar surface area (TPSA) is 132 Å². The van der Waals surface area contributed by atoms with Crippen LogP contribution in [0.1, 0.15) is 23.3 Å². The molecule has 0 spiro atoms. The van der Waals surface area contributed by atoms with Crippen LogP contribution in [0.5, 0.6) is 0 Å². The fourth-order valence-corrected chi connectivity index (χ4v) is 2.04. The van der Waals surface area contributed by atoms with Crippen LogP contribution in [0.25, 0.3) is 0 Å². The van der Waals surface area contributed by atoms with Gasteiger partial charge < -0.3 is 20.9 Å². The molecule has 0 atom stereocenters. The minimum atomic E-state index is -1.30. The van der Waals surface area contributed by atoms with Gasteiger partial charge >= 0.3 is 5.97 Å². The van der Waals surface area contributed by atoms with E-state index >= 15 is 0 Å². The molecular weight excluding hydrogens is 266 g/mol. The number of carboxylic acid groups (broad SMARTS) is 1. The van der Waals surface area contributed by atoms with Crippen LogP contribution in [0.3, 0.4) is 0 Å². The second kappa shape index (κ2) is 5.97. The molecular formula is C11H17N5O4. The van der Waals surface area contributed by atoms with Crippen molar-refractivity contribution in [3.63, 3.8) is 0 Å². The van der Waals surface area contributed by atoms with Gasteiger partial charge in [0.2, 0.25) is 0 Å². The maximum absolute atomic E-state index is 12.1. The maximum atomic E-state index is 12.1. The van der Waals surface area contributed by atoms with Gasteiger partial charge in [-0.3, -0.25) is 9.48 Å². The monoisotopic (exact) mass is 283 g/mol. The Bertz CT molecular complexity index is 495. The van der Waals surface area contributed by atoms with Crippen molar-refractivity contribution >= 4 is 11.9 Å². The lowest BCUT2D eigenvalue weighted by Gasteiger charge is -2.33. The molecule has 0 bridgehead atoms. The summed E-state index contributed by atoms with van der Waals surface area (Å²) in [4.78, 5) is 23.5. The molecule has 1 amide bonds. The van der Waals surface area contributed by atoms with Crippen LogP contribution in [0.15, 0.2) is 6.20 Å². The number of rotatable bonds is 5. The predicted octanol–water partition coefficient (Wildman–Crippen LogP) is -1.40. The Morgan fingerprint density at radius 2 is 2.20 bits per heavy atom. The van der Waals surface area contributed by atoms with Crippen molar-refractivity contribution in [3.8, 4) is 0 Å². The number of ether oxygens (including phenoxy) is 1. The lowest BCUT2D eigenvalue weighted by Crippen LogP contribution is -2.57. The molecule has 20 heavy (non-hydrogen) atoms. The van der Waals surface area contributed by atoms with Gasteiger partial charge in [-0.2, -0.15) is 0 Å². The van der Waals surface area contributed by atoms with Gasteiger partial charge in [-0.1, -0.05) is 5.21 Å². The zero-order valence-electron chi connectivity index (χ0n) is 10.9. The lowest BCUT2D eigenvalue weighted by molar-refractivity contribution is -0.148. The smallest absolute Gasteiger partial charge is 0.329 e. The molecule has 0 radical (unpaired) electrons. The van der Waals surface area contributed by atoms with Crippen molar-refractivity contribution in [2.75, 3.05) is 19.8 Å². The minimum absolute atomic E-state index is 0.0746. The predicted molar refractivity (Wildman–Crippen MR) is 67.0 cm³/mol. The molecule has 9 nitrogen and oxygen atoms in total. The van der Waals surface area contributed by atoms with E-state index in [0.29, 0.717) is 26.3 Å². The number of nitrogens with two attached hydrogens (primary N) is 1. The summed E-state index contributed by atoms with van der Waals surface area (Å²) in [5.74, 6) is -1.62. The number of carbonyl (C=O) groups excluding carboxylic acids is 1. The molecule has 0 unspecified atom stereocenters. The Hall–Kier alpha value is -2.00. The molecule has 4 N–H and O–H groups in total. The first-order chi connectivity index (χ1) is 9.57. The summed E-state index contributed by atoms with van der Waals surface area (Å²) in [6.07, 6.45) is 1.90. The van der Waals surface area contributed by atoms with Gasteiger partial charge in [-0.15, -0.1) is 5.10 Å². The first kappa shape index (κ1) is 14.4. The van der Waals surface area contributed by atoms with E-state index in [1.54, 1.807) is 0 Å². The lowest BCUT2D eigenvalue weighted by atomic mass is 9.90. The molecule has 2 rings (SSSR count). The van der Waals surface area contributed by atoms with E-state index in [2.05, 4.69) is 15.6 Å². The first-order valence-corrected chi connectivity index (χ1v) is 6.31. The number of nitrogens with zero attached hydrogens (tertiary/aromatic N) is 3. The van der Waals surface area contributed by atoms with E-state index in [0.717, 1.165) is 0 Å². The standard InChI is InChI=1S/C11H17N5O4/c12-3-4-16-7-8(14-15-16)9(17)13-11(10(18)19)1-5-20-6-2-11/h7H,1-6,12H2,(H,13,17)(H,18,19). The van der Waals surface area contributed by atoms with E-state index in [1.807, 2.05) is 0 Å². The number of hydrogen-bond acceptors (Lipinski definition) is 6. The SMILES string of the molecule is NCCn1cc(C(=O)NC2(C(=O)O)CCOCC2)nn1. The van der Waals surface area contributed by atoms with Crippen LogP contribution in [-0.2, 0) is 16.1 Å². The van der Waals surface area contributed by atoms with Gasteiger partial charge in [0.05, 0.1) is 12.7 Å². The second-order valence-corrected chi connectivity index (χ2v) is 4.61. The highest BCUT2D eigenvalue weighted by Crippen LogP contribution is 2.21. The third-order valence-corrected chi connectivity index (χ3v) is 3.24. The Labute approximate surface area is 115 Å². The Morgan fingerprint density at radius 1 is 1.50 bits per heavy atom. The maximum Gasteiger partial charge on any atom is 0.329 e. The molecule has 1 aliphatic heterocycles. The fraction of sp³-hybridized carbons (Fsp3) is 0.636. The number of amides is 1. The van der Waals surface area contributed by atoms with Gasteiger partial charge in [-0.05, 0) is 0 Å². The van der Waals surface area contributed by atoms with Crippen LogP contribution in [0, 0.1) is 0 Å². The van der Waals surface area contributed by atoms with Crippen LogP contribution in [-0.4, -0.2) is 57.3 Å². The fourth-order valence-electron chi connectivity index (χ4n) is 2.04. The molecule has 2 heterocycles. The number of carbonyl (C=O) groups is 2. The van der Waals surface area contributed by atoms with Gasteiger partial charge in [-0.25, -0.2) is 4.79 Å². The van der Waals surface area contributed by atoms with Crippen LogP contribution in [0.2, 0.25) is 0 Å². The van der Waals surface area contributed by atoms with E-state index in [9.17, 15) is 14.7 Å². The summed E-state index contributed by atoms with van der Waals surface area (Å²) in [7, 11) is 0. The molecule has 1 fully saturated rings. The van der Waals surface area contributed by atoms with Crippen molar-refractivity contribution in [1.29, 1.82) is 0 Å². The summed E-state index contributed by atoms with van der Waals surface area (Å²) in [5.41, 5.74) is 4.15. The zero-order chi connectivity index (χ0) is 14.6. The summed E-state index contributed by atoms with van der Waals surface area (Å²) >= 11 is 0. The quantitative estimate of drug-likeness (QED) is 0.605. The highest BCUT2D eigenvalue weighted by atomic mass is 16.5. The average Bonchev–Trinajstić information content (AvgIpc) is 2.89. The number of aromatic nitrogens is 3. The second-order valence-electron chi connectivity index (χ2n) is 4.61. The number of hydrogen-bond donors (Lipinski definition) is 3. The Kier molecular flexibility index (Phi) is 4.30. The third kappa shape index (κ3) is 2.94. The van der Waals surface area contributed by atoms with Gasteiger partial charge in [0.15, 0.2) is 5.69 Å². The van der Waals surface area contributed by atoms with Crippen LogP contribution < -0.4 is 11.1 Å². The largest absolute Gasteiger partial charge is 0.480 e. The molecule has 0 saturated carbocycles. The summed E-state index contributed by atoms with van der Waals surface area (Å²) in [6, 6.07) is 0. The summed E-state index contributed by atoms with van der Waals surface area (Å²) in [6.45, 7) is 1.41. The van der Waals surface area contributed by atoms with Crippen molar-refractivity contribution in [3.05, 3.63) is 11.9 Å². The van der Waals surface area contributed by atoms with Crippen molar-refractivity contribution < 1.29 is 19.4 Å². The average molecular weight is 283 g/mol. The molecule has 0 aromatic carbocycles. The molecule has 9 heteroatoms.